The van der Waals surface area contributed by atoms with Gasteiger partial charge in [-0.3, -0.25) is 0 Å². The number of likely N-dealkylation sites (N-methyl/N-ethyl adjacent to an activating group) is 1. The van der Waals surface area contributed by atoms with Crippen molar-refractivity contribution in [1.29, 1.82) is 0 Å². The van der Waals surface area contributed by atoms with Crippen LogP contribution in [0.15, 0.2) is 22.7 Å². The van der Waals surface area contributed by atoms with Crippen molar-refractivity contribution in [3.63, 3.8) is 0 Å². The predicted octanol–water partition coefficient (Wildman–Crippen LogP) is 4.45. The maximum atomic E-state index is 12.3. The van der Waals surface area contributed by atoms with Crippen LogP contribution in [0, 0.1) is 0 Å². The lowest BCUT2D eigenvalue weighted by Gasteiger charge is -2.36. The molecule has 0 aromatic heterocycles. The van der Waals surface area contributed by atoms with Gasteiger partial charge in [0.05, 0.1) is 18.8 Å². The van der Waals surface area contributed by atoms with Crippen LogP contribution in [0.2, 0.25) is 0 Å². The molecule has 1 aromatic carbocycles. The molecule has 0 saturated carbocycles. The summed E-state index contributed by atoms with van der Waals surface area (Å²) in [6.07, 6.45) is -0.305. The highest BCUT2D eigenvalue weighted by Gasteiger charge is 2.32. The molecule has 4 nitrogen and oxygen atoms in total. The minimum atomic E-state index is -0.503. The molecule has 2 rings (SSSR count). The van der Waals surface area contributed by atoms with Crippen molar-refractivity contribution >= 4 is 22.0 Å². The van der Waals surface area contributed by atoms with Gasteiger partial charge < -0.3 is 14.4 Å². The molecule has 1 aliphatic heterocycles. The van der Waals surface area contributed by atoms with E-state index in [-0.39, 0.29) is 18.2 Å². The highest BCUT2D eigenvalue weighted by atomic mass is 79.9. The average Bonchev–Trinajstić information content (AvgIpc) is 2.37. The van der Waals surface area contributed by atoms with E-state index in [4.69, 9.17) is 9.47 Å². The second-order valence-electron chi connectivity index (χ2n) is 6.36. The summed E-state index contributed by atoms with van der Waals surface area (Å²) in [6.45, 7) is 8.09. The van der Waals surface area contributed by atoms with Crippen molar-refractivity contribution in [3.8, 4) is 0 Å². The van der Waals surface area contributed by atoms with Crippen LogP contribution in [0.4, 0.5) is 4.79 Å². The third-order valence-electron chi connectivity index (χ3n) is 3.50. The van der Waals surface area contributed by atoms with Crippen LogP contribution in [0.5, 0.6) is 0 Å². The quantitative estimate of drug-likeness (QED) is 0.746. The number of amides is 1. The molecular formula is C16H22BrNO3. The van der Waals surface area contributed by atoms with E-state index < -0.39 is 5.60 Å². The smallest absolute Gasteiger partial charge is 0.410 e. The molecule has 0 radical (unpaired) electrons. The van der Waals surface area contributed by atoms with Gasteiger partial charge >= 0.3 is 6.09 Å². The summed E-state index contributed by atoms with van der Waals surface area (Å²) < 4.78 is 12.3. The SMILES string of the molecule is CC1OCC(N(C)C(=O)OC(C)(C)C)c2ccc(Br)cc21. The van der Waals surface area contributed by atoms with Gasteiger partial charge in [0, 0.05) is 11.5 Å². The third-order valence-corrected chi connectivity index (χ3v) is 3.99. The number of rotatable bonds is 1. The van der Waals surface area contributed by atoms with Gasteiger partial charge in [0.1, 0.15) is 5.60 Å². The van der Waals surface area contributed by atoms with Gasteiger partial charge in [-0.15, -0.1) is 0 Å². The van der Waals surface area contributed by atoms with Gasteiger partial charge in [0.15, 0.2) is 0 Å². The Labute approximate surface area is 134 Å². The number of ether oxygens (including phenoxy) is 2. The maximum absolute atomic E-state index is 12.3. The normalized spacial score (nSPS) is 21.6. The second-order valence-corrected chi connectivity index (χ2v) is 7.27. The summed E-state index contributed by atoms with van der Waals surface area (Å²) in [5.74, 6) is 0. The Kier molecular flexibility index (Phi) is 4.63. The zero-order valence-corrected chi connectivity index (χ0v) is 14.7. The highest BCUT2D eigenvalue weighted by Crippen LogP contribution is 2.37. The highest BCUT2D eigenvalue weighted by molar-refractivity contribution is 9.10. The van der Waals surface area contributed by atoms with E-state index in [1.54, 1.807) is 11.9 Å². The molecule has 0 bridgehead atoms. The molecule has 0 N–H and O–H groups in total. The summed E-state index contributed by atoms with van der Waals surface area (Å²) >= 11 is 3.48. The topological polar surface area (TPSA) is 38.8 Å². The molecule has 116 valence electrons. The lowest BCUT2D eigenvalue weighted by molar-refractivity contribution is -0.0162. The van der Waals surface area contributed by atoms with Crippen LogP contribution in [0.25, 0.3) is 0 Å². The largest absolute Gasteiger partial charge is 0.444 e. The van der Waals surface area contributed by atoms with Crippen LogP contribution in [-0.2, 0) is 9.47 Å². The fourth-order valence-electron chi connectivity index (χ4n) is 2.40. The van der Waals surface area contributed by atoms with E-state index in [9.17, 15) is 4.79 Å². The van der Waals surface area contributed by atoms with Crippen molar-refractivity contribution in [2.75, 3.05) is 13.7 Å². The van der Waals surface area contributed by atoms with Crippen molar-refractivity contribution in [1.82, 2.24) is 4.90 Å². The molecule has 1 aliphatic rings. The fraction of sp³-hybridized carbons (Fsp3) is 0.562. The number of carbonyl (C=O) groups excluding carboxylic acids is 1. The van der Waals surface area contributed by atoms with Gasteiger partial charge in [-0.25, -0.2) is 4.79 Å². The zero-order valence-electron chi connectivity index (χ0n) is 13.1. The van der Waals surface area contributed by atoms with E-state index in [0.717, 1.165) is 15.6 Å². The Bertz CT molecular complexity index is 539. The standard InChI is InChI=1S/C16H22BrNO3/c1-10-13-8-11(17)6-7-12(13)14(9-20-10)18(5)15(19)21-16(2,3)4/h6-8,10,14H,9H2,1-5H3. The number of hydrogen-bond acceptors (Lipinski definition) is 3. The Balaban J connectivity index is 2.26. The van der Waals surface area contributed by atoms with Crippen molar-refractivity contribution in [2.24, 2.45) is 0 Å². The summed E-state index contributed by atoms with van der Waals surface area (Å²) in [7, 11) is 1.75. The Hall–Kier alpha value is -1.07. The van der Waals surface area contributed by atoms with Gasteiger partial charge in [0.25, 0.3) is 0 Å². The van der Waals surface area contributed by atoms with E-state index >= 15 is 0 Å². The van der Waals surface area contributed by atoms with E-state index in [1.165, 1.54) is 0 Å². The average molecular weight is 356 g/mol. The summed E-state index contributed by atoms with van der Waals surface area (Å²) in [6, 6.07) is 5.96. The predicted molar refractivity (Wildman–Crippen MR) is 85.2 cm³/mol. The maximum Gasteiger partial charge on any atom is 0.410 e. The van der Waals surface area contributed by atoms with Crippen LogP contribution in [0.1, 0.15) is 51.0 Å². The van der Waals surface area contributed by atoms with Crippen molar-refractivity contribution in [3.05, 3.63) is 33.8 Å². The lowest BCUT2D eigenvalue weighted by Crippen LogP contribution is -2.40. The second kappa shape index (κ2) is 5.97. The van der Waals surface area contributed by atoms with Crippen molar-refractivity contribution in [2.45, 2.75) is 45.4 Å². The molecule has 1 amide bonds. The van der Waals surface area contributed by atoms with Gasteiger partial charge in [-0.1, -0.05) is 22.0 Å². The van der Waals surface area contributed by atoms with Gasteiger partial charge in [0.2, 0.25) is 0 Å². The fourth-order valence-corrected chi connectivity index (χ4v) is 2.78. The molecule has 2 unspecified atom stereocenters. The first-order valence-electron chi connectivity index (χ1n) is 7.06. The molecule has 1 aromatic rings. The van der Waals surface area contributed by atoms with E-state index in [2.05, 4.69) is 22.0 Å². The van der Waals surface area contributed by atoms with Gasteiger partial charge in [-0.05, 0) is 51.0 Å². The number of benzene rings is 1. The summed E-state index contributed by atoms with van der Waals surface area (Å²) in [5.41, 5.74) is 1.72. The van der Waals surface area contributed by atoms with Crippen LogP contribution >= 0.6 is 15.9 Å². The number of carbonyl (C=O) groups is 1. The number of hydrogen-bond donors (Lipinski definition) is 0. The minimum Gasteiger partial charge on any atom is -0.444 e. The van der Waals surface area contributed by atoms with Gasteiger partial charge in [-0.2, -0.15) is 0 Å². The Morgan fingerprint density at radius 2 is 2.05 bits per heavy atom. The molecular weight excluding hydrogens is 334 g/mol. The number of fused-ring (bicyclic) bond motifs is 1. The van der Waals surface area contributed by atoms with Crippen LogP contribution in [-0.4, -0.2) is 30.2 Å². The molecule has 0 aliphatic carbocycles. The molecule has 0 saturated heterocycles. The zero-order chi connectivity index (χ0) is 15.8. The Morgan fingerprint density at radius 3 is 2.67 bits per heavy atom. The first-order chi connectivity index (χ1) is 9.69. The van der Waals surface area contributed by atoms with Crippen molar-refractivity contribution < 1.29 is 14.3 Å². The molecule has 2 atom stereocenters. The summed E-state index contributed by atoms with van der Waals surface area (Å²) in [4.78, 5) is 13.9. The van der Waals surface area contributed by atoms with E-state index in [0.29, 0.717) is 6.61 Å². The number of halogens is 1. The first kappa shape index (κ1) is 16.3. The third kappa shape index (κ3) is 3.77. The molecule has 0 fully saturated rings. The van der Waals surface area contributed by atoms with E-state index in [1.807, 2.05) is 39.8 Å². The molecule has 21 heavy (non-hydrogen) atoms. The minimum absolute atomic E-state index is 0.0285. The Morgan fingerprint density at radius 1 is 1.38 bits per heavy atom. The molecule has 1 heterocycles. The molecule has 5 heteroatoms. The summed E-state index contributed by atoms with van der Waals surface area (Å²) in [5, 5.41) is 0. The monoisotopic (exact) mass is 355 g/mol. The lowest BCUT2D eigenvalue weighted by atomic mass is 9.94. The first-order valence-corrected chi connectivity index (χ1v) is 7.85. The van der Waals surface area contributed by atoms with Crippen LogP contribution in [0.3, 0.4) is 0 Å². The number of nitrogens with zero attached hydrogens (tertiary/aromatic N) is 1. The molecule has 0 spiro atoms. The van der Waals surface area contributed by atoms with Crippen LogP contribution < -0.4 is 0 Å².